The van der Waals surface area contributed by atoms with E-state index in [0.29, 0.717) is 6.42 Å². The second-order valence-corrected chi connectivity index (χ2v) is 8.04. The van der Waals surface area contributed by atoms with Crippen molar-refractivity contribution in [2.45, 2.75) is 57.0 Å². The summed E-state index contributed by atoms with van der Waals surface area (Å²) >= 11 is 0. The van der Waals surface area contributed by atoms with Gasteiger partial charge in [-0.2, -0.15) is 0 Å². The average molecular weight is 345 g/mol. The van der Waals surface area contributed by atoms with Crippen LogP contribution in [0.25, 0.3) is 0 Å². The van der Waals surface area contributed by atoms with Crippen LogP contribution in [0.4, 0.5) is 10.1 Å². The summed E-state index contributed by atoms with van der Waals surface area (Å²) in [5.74, 6) is -1.33. The fraction of sp³-hybridized carbons (Fsp3) is 0.533. The highest BCUT2D eigenvalue weighted by Gasteiger charge is 2.25. The first-order valence-corrected chi connectivity index (χ1v) is 8.84. The fourth-order valence-corrected chi connectivity index (χ4v) is 3.45. The molecule has 0 fully saturated rings. The summed E-state index contributed by atoms with van der Waals surface area (Å²) in [7, 11) is -4.04. The molecule has 1 aromatic carbocycles. The van der Waals surface area contributed by atoms with Crippen molar-refractivity contribution in [3.05, 3.63) is 24.0 Å². The Balaban J connectivity index is 3.07. The molecule has 23 heavy (non-hydrogen) atoms. The fourth-order valence-electron chi connectivity index (χ4n) is 1.92. The molecule has 1 rings (SSSR count). The van der Waals surface area contributed by atoms with Gasteiger partial charge in [0.1, 0.15) is 10.7 Å². The molecule has 8 heteroatoms. The third-order valence-corrected chi connectivity index (χ3v) is 4.64. The van der Waals surface area contributed by atoms with Gasteiger partial charge in [0.25, 0.3) is 0 Å². The summed E-state index contributed by atoms with van der Waals surface area (Å²) in [4.78, 5) is 11.4. The van der Waals surface area contributed by atoms with Gasteiger partial charge >= 0.3 is 0 Å². The Bertz CT molecular complexity index is 669. The number of sulfonamides is 1. The van der Waals surface area contributed by atoms with Gasteiger partial charge in [-0.1, -0.05) is 13.3 Å². The van der Waals surface area contributed by atoms with E-state index in [-0.39, 0.29) is 5.69 Å². The van der Waals surface area contributed by atoms with Crippen molar-refractivity contribution >= 4 is 21.6 Å². The molecule has 0 aromatic heterocycles. The Morgan fingerprint density at radius 3 is 2.48 bits per heavy atom. The number of halogens is 1. The molecule has 0 radical (unpaired) electrons. The number of hydrogen-bond donors (Lipinski definition) is 3. The quantitative estimate of drug-likeness (QED) is 0.733. The molecule has 0 heterocycles. The monoisotopic (exact) mass is 345 g/mol. The van der Waals surface area contributed by atoms with Crippen LogP contribution < -0.4 is 15.8 Å². The summed E-state index contributed by atoms with van der Waals surface area (Å²) in [6.45, 7) is 6.85. The molecule has 0 bridgehead atoms. The minimum atomic E-state index is -4.04. The van der Waals surface area contributed by atoms with Crippen LogP contribution in [0.15, 0.2) is 23.1 Å². The number of hydrogen-bond acceptors (Lipinski definition) is 4. The lowest BCUT2D eigenvalue weighted by Gasteiger charge is -2.21. The van der Waals surface area contributed by atoms with E-state index in [0.717, 1.165) is 18.6 Å². The van der Waals surface area contributed by atoms with Gasteiger partial charge in [-0.05, 0) is 45.4 Å². The van der Waals surface area contributed by atoms with Crippen molar-refractivity contribution in [3.8, 4) is 0 Å². The van der Waals surface area contributed by atoms with E-state index in [2.05, 4.69) is 10.0 Å². The molecular formula is C15H24FN3O3S. The first kappa shape index (κ1) is 19.5. The topological polar surface area (TPSA) is 101 Å². The van der Waals surface area contributed by atoms with Crippen molar-refractivity contribution in [1.29, 1.82) is 0 Å². The Labute approximate surface area is 136 Å². The van der Waals surface area contributed by atoms with Crippen LogP contribution in [0.5, 0.6) is 0 Å². The highest BCUT2D eigenvalue weighted by atomic mass is 32.2. The van der Waals surface area contributed by atoms with Crippen LogP contribution in [0, 0.1) is 5.82 Å². The summed E-state index contributed by atoms with van der Waals surface area (Å²) in [5.41, 5.74) is 5.12. The van der Waals surface area contributed by atoms with Crippen LogP contribution in [-0.2, 0) is 14.8 Å². The zero-order chi connectivity index (χ0) is 17.8. The van der Waals surface area contributed by atoms with E-state index in [9.17, 15) is 17.6 Å². The van der Waals surface area contributed by atoms with Gasteiger partial charge < -0.3 is 11.1 Å². The minimum Gasteiger partial charge on any atom is -0.325 e. The van der Waals surface area contributed by atoms with E-state index in [1.807, 2.05) is 6.92 Å². The Morgan fingerprint density at radius 2 is 1.96 bits per heavy atom. The van der Waals surface area contributed by atoms with E-state index in [4.69, 9.17) is 5.73 Å². The van der Waals surface area contributed by atoms with Crippen LogP contribution >= 0.6 is 0 Å². The van der Waals surface area contributed by atoms with Crippen LogP contribution in [0.1, 0.15) is 40.5 Å². The zero-order valence-corrected chi connectivity index (χ0v) is 14.6. The van der Waals surface area contributed by atoms with Crippen LogP contribution in [0.2, 0.25) is 0 Å². The standard InChI is InChI=1S/C15H24FN3O3S/c1-5-6-12(17)14(20)18-10-7-8-11(16)13(9-10)23(21,22)19-15(2,3)4/h7-9,12,19H,5-6,17H2,1-4H3,(H,18,20). The Kier molecular flexibility index (Phi) is 6.26. The lowest BCUT2D eigenvalue weighted by atomic mass is 10.1. The van der Waals surface area contributed by atoms with Crippen LogP contribution in [-0.4, -0.2) is 25.9 Å². The molecule has 4 N–H and O–H groups in total. The normalized spacial score (nSPS) is 13.7. The van der Waals surface area contributed by atoms with Gasteiger partial charge in [0.2, 0.25) is 15.9 Å². The smallest absolute Gasteiger partial charge is 0.244 e. The summed E-state index contributed by atoms with van der Waals surface area (Å²) < 4.78 is 40.8. The number of carbonyl (C=O) groups is 1. The van der Waals surface area contributed by atoms with Gasteiger partial charge in [-0.25, -0.2) is 17.5 Å². The molecule has 0 aliphatic rings. The number of nitrogens with one attached hydrogen (secondary N) is 2. The van der Waals surface area contributed by atoms with Gasteiger partial charge in [0.15, 0.2) is 0 Å². The van der Waals surface area contributed by atoms with Gasteiger partial charge in [-0.3, -0.25) is 4.79 Å². The SMILES string of the molecule is CCCC(N)C(=O)Nc1ccc(F)c(S(=O)(=O)NC(C)(C)C)c1. The highest BCUT2D eigenvalue weighted by Crippen LogP contribution is 2.21. The summed E-state index contributed by atoms with van der Waals surface area (Å²) in [5, 5.41) is 2.51. The maximum Gasteiger partial charge on any atom is 0.244 e. The maximum absolute atomic E-state index is 13.9. The highest BCUT2D eigenvalue weighted by molar-refractivity contribution is 7.89. The van der Waals surface area contributed by atoms with Crippen molar-refractivity contribution in [2.75, 3.05) is 5.32 Å². The number of amides is 1. The molecule has 0 spiro atoms. The Hall–Kier alpha value is -1.51. The second-order valence-electron chi connectivity index (χ2n) is 6.39. The molecule has 1 aromatic rings. The molecule has 6 nitrogen and oxygen atoms in total. The zero-order valence-electron chi connectivity index (χ0n) is 13.8. The molecule has 0 aliphatic heterocycles. The number of benzene rings is 1. The van der Waals surface area contributed by atoms with E-state index < -0.39 is 38.2 Å². The molecule has 0 saturated carbocycles. The van der Waals surface area contributed by atoms with Gasteiger partial charge in [-0.15, -0.1) is 0 Å². The number of carbonyl (C=O) groups excluding carboxylic acids is 1. The molecule has 1 unspecified atom stereocenters. The first-order valence-electron chi connectivity index (χ1n) is 7.36. The van der Waals surface area contributed by atoms with Gasteiger partial charge in [0, 0.05) is 11.2 Å². The van der Waals surface area contributed by atoms with Crippen molar-refractivity contribution in [3.63, 3.8) is 0 Å². The predicted octanol–water partition coefficient (Wildman–Crippen LogP) is 1.97. The van der Waals surface area contributed by atoms with Crippen molar-refractivity contribution < 1.29 is 17.6 Å². The molecule has 0 saturated heterocycles. The molecular weight excluding hydrogens is 321 g/mol. The molecule has 1 amide bonds. The summed E-state index contributed by atoms with van der Waals surface area (Å²) in [6.07, 6.45) is 1.25. The first-order chi connectivity index (χ1) is 10.5. The number of rotatable bonds is 6. The van der Waals surface area contributed by atoms with E-state index in [1.165, 1.54) is 6.07 Å². The molecule has 130 valence electrons. The van der Waals surface area contributed by atoms with E-state index >= 15 is 0 Å². The molecule has 0 aliphatic carbocycles. The van der Waals surface area contributed by atoms with Crippen molar-refractivity contribution in [2.24, 2.45) is 5.73 Å². The minimum absolute atomic E-state index is 0.178. The lowest BCUT2D eigenvalue weighted by Crippen LogP contribution is -2.40. The predicted molar refractivity (Wildman–Crippen MR) is 88.0 cm³/mol. The van der Waals surface area contributed by atoms with Gasteiger partial charge in [0.05, 0.1) is 6.04 Å². The largest absolute Gasteiger partial charge is 0.325 e. The number of nitrogens with two attached hydrogens (primary N) is 1. The Morgan fingerprint density at radius 1 is 1.35 bits per heavy atom. The third kappa shape index (κ3) is 5.89. The molecule has 1 atom stereocenters. The maximum atomic E-state index is 13.9. The third-order valence-electron chi connectivity index (χ3n) is 2.87. The average Bonchev–Trinajstić information content (AvgIpc) is 2.38. The van der Waals surface area contributed by atoms with Crippen molar-refractivity contribution in [1.82, 2.24) is 4.72 Å². The van der Waals surface area contributed by atoms with E-state index in [1.54, 1.807) is 20.8 Å². The second kappa shape index (κ2) is 7.37. The lowest BCUT2D eigenvalue weighted by molar-refractivity contribution is -0.117. The number of anilines is 1. The summed E-state index contributed by atoms with van der Waals surface area (Å²) in [6, 6.07) is 2.68. The van der Waals surface area contributed by atoms with Crippen LogP contribution in [0.3, 0.4) is 0 Å².